The van der Waals surface area contributed by atoms with Crippen LogP contribution >= 0.6 is 0 Å². The molecule has 15 heavy (non-hydrogen) atoms. The maximum Gasteiger partial charge on any atom is 0.00667 e. The molecule has 3 atom stereocenters. The monoisotopic (exact) mass is 213 g/mol. The van der Waals surface area contributed by atoms with Gasteiger partial charge in [-0.15, -0.1) is 0 Å². The minimum atomic E-state index is 0.657. The van der Waals surface area contributed by atoms with E-state index in [2.05, 4.69) is 46.9 Å². The third kappa shape index (κ3) is 7.84. The molecule has 0 spiro atoms. The lowest BCUT2D eigenvalue weighted by atomic mass is 9.98. The van der Waals surface area contributed by atoms with Crippen LogP contribution in [0.1, 0.15) is 67.2 Å². The largest absolute Gasteiger partial charge is 0.312 e. The van der Waals surface area contributed by atoms with E-state index in [4.69, 9.17) is 0 Å². The molecular formula is C14H31N. The van der Waals surface area contributed by atoms with Crippen molar-refractivity contribution in [3.05, 3.63) is 0 Å². The van der Waals surface area contributed by atoms with Gasteiger partial charge in [-0.2, -0.15) is 0 Å². The van der Waals surface area contributed by atoms with Crippen molar-refractivity contribution in [3.8, 4) is 0 Å². The van der Waals surface area contributed by atoms with Gasteiger partial charge >= 0.3 is 0 Å². The highest BCUT2D eigenvalue weighted by Crippen LogP contribution is 2.11. The first-order valence-electron chi connectivity index (χ1n) is 6.73. The third-order valence-electron chi connectivity index (χ3n) is 3.46. The molecule has 1 N–H and O–H groups in total. The summed E-state index contributed by atoms with van der Waals surface area (Å²) in [6.45, 7) is 13.8. The van der Waals surface area contributed by atoms with Gasteiger partial charge < -0.3 is 5.32 Å². The number of hydrogen-bond acceptors (Lipinski definition) is 1. The van der Waals surface area contributed by atoms with Gasteiger partial charge in [-0.3, -0.25) is 0 Å². The third-order valence-corrected chi connectivity index (χ3v) is 3.46. The molecule has 0 aliphatic carbocycles. The summed E-state index contributed by atoms with van der Waals surface area (Å²) in [5.41, 5.74) is 0. The van der Waals surface area contributed by atoms with Gasteiger partial charge in [0.2, 0.25) is 0 Å². The van der Waals surface area contributed by atoms with Gasteiger partial charge in [0, 0.05) is 12.1 Å². The van der Waals surface area contributed by atoms with E-state index in [-0.39, 0.29) is 0 Å². The molecular weight excluding hydrogens is 182 g/mol. The van der Waals surface area contributed by atoms with E-state index in [1.807, 2.05) is 0 Å². The normalized spacial score (nSPS) is 17.8. The Bertz CT molecular complexity index is 142. The average molecular weight is 213 g/mol. The highest BCUT2D eigenvalue weighted by Gasteiger charge is 2.12. The zero-order valence-electron chi connectivity index (χ0n) is 11.6. The number of hydrogen-bond donors (Lipinski definition) is 1. The Balaban J connectivity index is 3.59. The Hall–Kier alpha value is -0.0400. The maximum absolute atomic E-state index is 3.70. The first-order chi connectivity index (χ1) is 6.97. The predicted octanol–water partition coefficient (Wildman–Crippen LogP) is 4.23. The molecule has 0 heterocycles. The van der Waals surface area contributed by atoms with Crippen LogP contribution in [-0.2, 0) is 0 Å². The minimum Gasteiger partial charge on any atom is -0.312 e. The van der Waals surface area contributed by atoms with Crippen molar-refractivity contribution in [3.63, 3.8) is 0 Å². The van der Waals surface area contributed by atoms with E-state index in [0.29, 0.717) is 12.1 Å². The summed E-state index contributed by atoms with van der Waals surface area (Å²) in [6, 6.07) is 1.33. The van der Waals surface area contributed by atoms with Gasteiger partial charge in [-0.25, -0.2) is 0 Å². The van der Waals surface area contributed by atoms with Crippen LogP contribution in [0.3, 0.4) is 0 Å². The molecule has 0 saturated heterocycles. The maximum atomic E-state index is 3.70. The lowest BCUT2D eigenvalue weighted by Crippen LogP contribution is -2.38. The molecule has 1 heteroatoms. The summed E-state index contributed by atoms with van der Waals surface area (Å²) in [6.07, 6.45) is 5.31. The van der Waals surface area contributed by atoms with E-state index < -0.39 is 0 Å². The second-order valence-corrected chi connectivity index (χ2v) is 5.57. The molecule has 0 aromatic heterocycles. The first kappa shape index (κ1) is 15.0. The second kappa shape index (κ2) is 8.15. The Morgan fingerprint density at radius 1 is 0.933 bits per heavy atom. The Morgan fingerprint density at radius 2 is 1.53 bits per heavy atom. The fourth-order valence-electron chi connectivity index (χ4n) is 1.88. The van der Waals surface area contributed by atoms with Gasteiger partial charge in [0.1, 0.15) is 0 Å². The quantitative estimate of drug-likeness (QED) is 0.636. The van der Waals surface area contributed by atoms with Gasteiger partial charge in [0.05, 0.1) is 0 Å². The summed E-state index contributed by atoms with van der Waals surface area (Å²) in [7, 11) is 0. The lowest BCUT2D eigenvalue weighted by Gasteiger charge is -2.24. The highest BCUT2D eigenvalue weighted by molar-refractivity contribution is 4.71. The SMILES string of the molecule is CCC(C)C(C)NC(C)CCCC(C)C. The summed E-state index contributed by atoms with van der Waals surface area (Å²) in [4.78, 5) is 0. The van der Waals surface area contributed by atoms with Crippen LogP contribution in [-0.4, -0.2) is 12.1 Å². The molecule has 0 aliphatic rings. The highest BCUT2D eigenvalue weighted by atomic mass is 14.9. The van der Waals surface area contributed by atoms with E-state index >= 15 is 0 Å². The molecule has 92 valence electrons. The van der Waals surface area contributed by atoms with Crippen molar-refractivity contribution in [1.29, 1.82) is 0 Å². The van der Waals surface area contributed by atoms with Gasteiger partial charge in [0.15, 0.2) is 0 Å². The Morgan fingerprint density at radius 3 is 2.00 bits per heavy atom. The zero-order chi connectivity index (χ0) is 11.8. The Labute approximate surface area is 97.0 Å². The molecule has 0 rings (SSSR count). The van der Waals surface area contributed by atoms with E-state index in [0.717, 1.165) is 11.8 Å². The molecule has 0 fully saturated rings. The average Bonchev–Trinajstić information content (AvgIpc) is 2.15. The molecule has 0 aliphatic heterocycles. The van der Waals surface area contributed by atoms with E-state index in [1.54, 1.807) is 0 Å². The predicted molar refractivity (Wildman–Crippen MR) is 70.2 cm³/mol. The van der Waals surface area contributed by atoms with Crippen molar-refractivity contribution in [2.75, 3.05) is 0 Å². The van der Waals surface area contributed by atoms with Gasteiger partial charge in [-0.05, 0) is 32.1 Å². The van der Waals surface area contributed by atoms with Crippen LogP contribution in [0.2, 0.25) is 0 Å². The minimum absolute atomic E-state index is 0.657. The summed E-state index contributed by atoms with van der Waals surface area (Å²) in [5.74, 6) is 1.64. The molecule has 0 bridgehead atoms. The zero-order valence-corrected chi connectivity index (χ0v) is 11.6. The van der Waals surface area contributed by atoms with Crippen molar-refractivity contribution in [2.45, 2.75) is 79.3 Å². The lowest BCUT2D eigenvalue weighted by molar-refractivity contribution is 0.340. The van der Waals surface area contributed by atoms with Crippen molar-refractivity contribution in [2.24, 2.45) is 11.8 Å². The first-order valence-corrected chi connectivity index (χ1v) is 6.73. The summed E-state index contributed by atoms with van der Waals surface area (Å²) in [5, 5.41) is 3.70. The molecule has 0 amide bonds. The van der Waals surface area contributed by atoms with Crippen molar-refractivity contribution in [1.82, 2.24) is 5.32 Å². The van der Waals surface area contributed by atoms with Crippen LogP contribution in [0.5, 0.6) is 0 Å². The molecule has 0 saturated carbocycles. The second-order valence-electron chi connectivity index (χ2n) is 5.57. The molecule has 1 nitrogen and oxygen atoms in total. The van der Waals surface area contributed by atoms with Crippen LogP contribution < -0.4 is 5.32 Å². The molecule has 0 radical (unpaired) electrons. The standard InChI is InChI=1S/C14H31N/c1-7-12(4)14(6)15-13(5)10-8-9-11(2)3/h11-15H,7-10H2,1-6H3. The fraction of sp³-hybridized carbons (Fsp3) is 1.00. The summed E-state index contributed by atoms with van der Waals surface area (Å²) < 4.78 is 0. The van der Waals surface area contributed by atoms with Crippen LogP contribution in [0, 0.1) is 11.8 Å². The van der Waals surface area contributed by atoms with Gasteiger partial charge in [0.25, 0.3) is 0 Å². The summed E-state index contributed by atoms with van der Waals surface area (Å²) >= 11 is 0. The van der Waals surface area contributed by atoms with Crippen molar-refractivity contribution >= 4 is 0 Å². The number of nitrogens with one attached hydrogen (secondary N) is 1. The topological polar surface area (TPSA) is 12.0 Å². The molecule has 0 aromatic rings. The van der Waals surface area contributed by atoms with Crippen LogP contribution in [0.25, 0.3) is 0 Å². The molecule has 3 unspecified atom stereocenters. The number of rotatable bonds is 8. The van der Waals surface area contributed by atoms with E-state index in [9.17, 15) is 0 Å². The van der Waals surface area contributed by atoms with Crippen LogP contribution in [0.15, 0.2) is 0 Å². The molecule has 0 aromatic carbocycles. The fourth-order valence-corrected chi connectivity index (χ4v) is 1.88. The van der Waals surface area contributed by atoms with Crippen LogP contribution in [0.4, 0.5) is 0 Å². The Kier molecular flexibility index (Phi) is 8.13. The van der Waals surface area contributed by atoms with Gasteiger partial charge in [-0.1, -0.05) is 47.0 Å². The van der Waals surface area contributed by atoms with E-state index in [1.165, 1.54) is 25.7 Å². The smallest absolute Gasteiger partial charge is 0.00667 e. The van der Waals surface area contributed by atoms with Crippen molar-refractivity contribution < 1.29 is 0 Å².